The SMILES string of the molecule is C[C@H]1CN(C(=O)c2cc(Cl)cc([N+](=O)[O-])c2Cl)[C@@H](C)CN1Cc1ccc(F)cc1. The van der Waals surface area contributed by atoms with Gasteiger partial charge in [-0.3, -0.25) is 19.8 Å². The van der Waals surface area contributed by atoms with Gasteiger partial charge in [-0.05, 0) is 37.6 Å². The largest absolute Gasteiger partial charge is 0.333 e. The highest BCUT2D eigenvalue weighted by atomic mass is 35.5. The number of benzene rings is 2. The van der Waals surface area contributed by atoms with Crippen molar-refractivity contribution in [1.82, 2.24) is 9.80 Å². The van der Waals surface area contributed by atoms with Crippen LogP contribution in [0, 0.1) is 15.9 Å². The Kier molecular flexibility index (Phi) is 6.41. The topological polar surface area (TPSA) is 66.7 Å². The molecule has 29 heavy (non-hydrogen) atoms. The highest BCUT2D eigenvalue weighted by Crippen LogP contribution is 2.33. The number of piperazine rings is 1. The minimum absolute atomic E-state index is 0.0249. The molecule has 0 radical (unpaired) electrons. The number of nitrogens with zero attached hydrogens (tertiary/aromatic N) is 3. The second kappa shape index (κ2) is 8.65. The average Bonchev–Trinajstić information content (AvgIpc) is 2.67. The maximum absolute atomic E-state index is 13.1. The average molecular weight is 440 g/mol. The van der Waals surface area contributed by atoms with E-state index in [1.807, 2.05) is 13.8 Å². The Balaban J connectivity index is 1.79. The van der Waals surface area contributed by atoms with Crippen molar-refractivity contribution in [2.75, 3.05) is 13.1 Å². The Labute approximate surface area is 178 Å². The molecule has 0 unspecified atom stereocenters. The van der Waals surface area contributed by atoms with Crippen LogP contribution in [0.15, 0.2) is 36.4 Å². The lowest BCUT2D eigenvalue weighted by Crippen LogP contribution is -2.57. The Morgan fingerprint density at radius 3 is 2.45 bits per heavy atom. The number of carbonyl (C=O) groups is 1. The van der Waals surface area contributed by atoms with E-state index in [0.29, 0.717) is 19.6 Å². The van der Waals surface area contributed by atoms with Crippen LogP contribution in [-0.4, -0.2) is 45.8 Å². The summed E-state index contributed by atoms with van der Waals surface area (Å²) < 4.78 is 13.1. The summed E-state index contributed by atoms with van der Waals surface area (Å²) in [5, 5.41) is 11.1. The lowest BCUT2D eigenvalue weighted by molar-refractivity contribution is -0.384. The van der Waals surface area contributed by atoms with Gasteiger partial charge >= 0.3 is 0 Å². The number of halogens is 3. The highest BCUT2D eigenvalue weighted by Gasteiger charge is 2.34. The van der Waals surface area contributed by atoms with E-state index >= 15 is 0 Å². The van der Waals surface area contributed by atoms with Crippen molar-refractivity contribution in [2.45, 2.75) is 32.5 Å². The Morgan fingerprint density at radius 1 is 1.17 bits per heavy atom. The molecule has 1 fully saturated rings. The third-order valence-corrected chi connectivity index (χ3v) is 5.74. The molecule has 2 aromatic carbocycles. The predicted molar refractivity (Wildman–Crippen MR) is 110 cm³/mol. The smallest absolute Gasteiger partial charge is 0.290 e. The van der Waals surface area contributed by atoms with E-state index in [2.05, 4.69) is 4.90 Å². The molecule has 0 saturated carbocycles. The van der Waals surface area contributed by atoms with Gasteiger partial charge in [-0.2, -0.15) is 0 Å². The molecule has 1 heterocycles. The molecule has 3 rings (SSSR count). The van der Waals surface area contributed by atoms with Crippen molar-refractivity contribution in [3.05, 3.63) is 73.5 Å². The first-order valence-corrected chi connectivity index (χ1v) is 9.86. The molecule has 0 N–H and O–H groups in total. The summed E-state index contributed by atoms with van der Waals surface area (Å²) in [6.07, 6.45) is 0. The number of nitro benzene ring substituents is 1. The van der Waals surface area contributed by atoms with E-state index < -0.39 is 10.6 Å². The van der Waals surface area contributed by atoms with E-state index in [-0.39, 0.29) is 39.4 Å². The fraction of sp³-hybridized carbons (Fsp3) is 0.350. The van der Waals surface area contributed by atoms with Crippen molar-refractivity contribution in [2.24, 2.45) is 0 Å². The normalized spacial score (nSPS) is 20.0. The van der Waals surface area contributed by atoms with Gasteiger partial charge in [0.2, 0.25) is 0 Å². The van der Waals surface area contributed by atoms with E-state index in [0.717, 1.165) is 11.6 Å². The van der Waals surface area contributed by atoms with E-state index in [1.165, 1.54) is 18.2 Å². The third kappa shape index (κ3) is 4.69. The number of rotatable bonds is 4. The van der Waals surface area contributed by atoms with Crippen molar-refractivity contribution in [1.29, 1.82) is 0 Å². The van der Waals surface area contributed by atoms with Gasteiger partial charge < -0.3 is 4.90 Å². The standard InChI is InChI=1S/C20H20Cl2FN3O3/c1-12-10-25(13(2)9-24(12)11-14-3-5-16(23)6-4-14)20(27)17-7-15(21)8-18(19(17)22)26(28)29/h3-8,12-13H,9-11H2,1-2H3/t12-,13-/m0/s1. The Bertz CT molecular complexity index is 939. The molecule has 0 bridgehead atoms. The second-order valence-electron chi connectivity index (χ2n) is 7.26. The minimum atomic E-state index is -0.655. The van der Waals surface area contributed by atoms with Crippen molar-refractivity contribution in [3.63, 3.8) is 0 Å². The maximum Gasteiger partial charge on any atom is 0.290 e. The first kappa shape index (κ1) is 21.5. The van der Waals surface area contributed by atoms with Gasteiger partial charge in [0, 0.05) is 42.8 Å². The Morgan fingerprint density at radius 2 is 1.83 bits per heavy atom. The first-order chi connectivity index (χ1) is 13.7. The number of amides is 1. The molecule has 0 spiro atoms. The summed E-state index contributed by atoms with van der Waals surface area (Å²) in [6.45, 7) is 5.58. The highest BCUT2D eigenvalue weighted by molar-refractivity contribution is 6.37. The van der Waals surface area contributed by atoms with E-state index in [9.17, 15) is 19.3 Å². The molecular formula is C20H20Cl2FN3O3. The van der Waals surface area contributed by atoms with E-state index in [1.54, 1.807) is 17.0 Å². The monoisotopic (exact) mass is 439 g/mol. The molecule has 9 heteroatoms. The first-order valence-electron chi connectivity index (χ1n) is 9.10. The number of carbonyl (C=O) groups excluding carboxylic acids is 1. The fourth-order valence-electron chi connectivity index (χ4n) is 3.54. The maximum atomic E-state index is 13.1. The quantitative estimate of drug-likeness (QED) is 0.507. The molecule has 2 atom stereocenters. The number of hydrogen-bond acceptors (Lipinski definition) is 4. The number of hydrogen-bond donors (Lipinski definition) is 0. The molecule has 0 aliphatic carbocycles. The summed E-state index contributed by atoms with van der Waals surface area (Å²) in [7, 11) is 0. The molecule has 6 nitrogen and oxygen atoms in total. The van der Waals surface area contributed by atoms with Crippen molar-refractivity contribution >= 4 is 34.8 Å². The zero-order valence-corrected chi connectivity index (χ0v) is 17.5. The lowest BCUT2D eigenvalue weighted by Gasteiger charge is -2.44. The van der Waals surface area contributed by atoms with Crippen LogP contribution >= 0.6 is 23.2 Å². The van der Waals surface area contributed by atoms with Gasteiger partial charge in [-0.15, -0.1) is 0 Å². The van der Waals surface area contributed by atoms with Crippen LogP contribution in [0.5, 0.6) is 0 Å². The van der Waals surface area contributed by atoms with Gasteiger partial charge in [-0.1, -0.05) is 35.3 Å². The number of nitro groups is 1. The fourth-order valence-corrected chi connectivity index (χ4v) is 4.02. The van der Waals surface area contributed by atoms with Gasteiger partial charge in [0.25, 0.3) is 11.6 Å². The van der Waals surface area contributed by atoms with Gasteiger partial charge in [0.15, 0.2) is 0 Å². The molecular weight excluding hydrogens is 420 g/mol. The van der Waals surface area contributed by atoms with E-state index in [4.69, 9.17) is 23.2 Å². The summed E-state index contributed by atoms with van der Waals surface area (Å²) in [5.74, 6) is -0.667. The predicted octanol–water partition coefficient (Wildman–Crippen LogP) is 4.78. The van der Waals surface area contributed by atoms with Crippen LogP contribution in [-0.2, 0) is 6.54 Å². The zero-order chi connectivity index (χ0) is 21.3. The Hall–Kier alpha value is -2.22. The minimum Gasteiger partial charge on any atom is -0.333 e. The molecule has 1 amide bonds. The molecule has 154 valence electrons. The van der Waals surface area contributed by atoms with Gasteiger partial charge in [-0.25, -0.2) is 4.39 Å². The van der Waals surface area contributed by atoms with Crippen LogP contribution in [0.2, 0.25) is 10.0 Å². The summed E-state index contributed by atoms with van der Waals surface area (Å²) in [6, 6.07) is 8.73. The molecule has 2 aromatic rings. The van der Waals surface area contributed by atoms with Crippen LogP contribution in [0.3, 0.4) is 0 Å². The molecule has 1 saturated heterocycles. The summed E-state index contributed by atoms with van der Waals surface area (Å²) in [4.78, 5) is 27.5. The lowest BCUT2D eigenvalue weighted by atomic mass is 10.0. The second-order valence-corrected chi connectivity index (χ2v) is 8.07. The van der Waals surface area contributed by atoms with Crippen LogP contribution in [0.25, 0.3) is 0 Å². The molecule has 0 aromatic heterocycles. The van der Waals surface area contributed by atoms with Gasteiger partial charge in [0.05, 0.1) is 10.5 Å². The summed E-state index contributed by atoms with van der Waals surface area (Å²) in [5.41, 5.74) is 0.619. The van der Waals surface area contributed by atoms with Gasteiger partial charge in [0.1, 0.15) is 10.8 Å². The van der Waals surface area contributed by atoms with Crippen LogP contribution < -0.4 is 0 Å². The molecule has 1 aliphatic heterocycles. The summed E-state index contributed by atoms with van der Waals surface area (Å²) >= 11 is 12.1. The van der Waals surface area contributed by atoms with Crippen molar-refractivity contribution in [3.8, 4) is 0 Å². The van der Waals surface area contributed by atoms with Crippen molar-refractivity contribution < 1.29 is 14.1 Å². The van der Waals surface area contributed by atoms with Crippen LogP contribution in [0.4, 0.5) is 10.1 Å². The molecule has 1 aliphatic rings. The van der Waals surface area contributed by atoms with Crippen LogP contribution in [0.1, 0.15) is 29.8 Å². The third-order valence-electron chi connectivity index (χ3n) is 5.12. The zero-order valence-electron chi connectivity index (χ0n) is 15.9.